The molecule has 0 heterocycles. The number of esters is 1. The van der Waals surface area contributed by atoms with Gasteiger partial charge in [0.25, 0.3) is 0 Å². The van der Waals surface area contributed by atoms with Crippen LogP contribution in [0, 0.1) is 0 Å². The van der Waals surface area contributed by atoms with Crippen LogP contribution >= 0.6 is 0 Å². The quantitative estimate of drug-likeness (QED) is 0.0248. The number of ether oxygens (including phenoxy) is 1. The normalized spacial score (nSPS) is 13.7. The molecule has 6 heteroatoms. The van der Waals surface area contributed by atoms with Gasteiger partial charge in [0.2, 0.25) is 5.91 Å². The molecule has 0 fully saturated rings. The molecule has 56 heavy (non-hydrogen) atoms. The summed E-state index contributed by atoms with van der Waals surface area (Å²) in [6.45, 7) is 6.32. The van der Waals surface area contributed by atoms with E-state index in [-0.39, 0.29) is 24.9 Å². The first-order valence-corrected chi connectivity index (χ1v) is 23.9. The molecule has 3 N–H and O–H groups in total. The Morgan fingerprint density at radius 2 is 0.982 bits per heavy atom. The maximum atomic E-state index is 13.1. The smallest absolute Gasteiger partial charge is 0.306 e. The van der Waals surface area contributed by atoms with E-state index in [4.69, 9.17) is 4.74 Å². The number of hydrogen-bond acceptors (Lipinski definition) is 5. The second kappa shape index (κ2) is 43.9. The summed E-state index contributed by atoms with van der Waals surface area (Å²) in [5, 5.41) is 23.6. The minimum Gasteiger partial charge on any atom is -0.462 e. The summed E-state index contributed by atoms with van der Waals surface area (Å²) in [6, 6.07) is -0.708. The zero-order valence-electron chi connectivity index (χ0n) is 37.0. The first kappa shape index (κ1) is 53.8. The summed E-state index contributed by atoms with van der Waals surface area (Å²) in [7, 11) is 0. The Morgan fingerprint density at radius 3 is 1.52 bits per heavy atom. The van der Waals surface area contributed by atoms with Gasteiger partial charge in [-0.2, -0.15) is 0 Å². The van der Waals surface area contributed by atoms with E-state index < -0.39 is 18.2 Å². The molecule has 0 bridgehead atoms. The highest BCUT2D eigenvalue weighted by Gasteiger charge is 2.24. The molecule has 0 aromatic carbocycles. The monoisotopic (exact) mass is 786 g/mol. The van der Waals surface area contributed by atoms with E-state index in [9.17, 15) is 19.8 Å². The predicted octanol–water partition coefficient (Wildman–Crippen LogP) is 13.9. The van der Waals surface area contributed by atoms with Crippen molar-refractivity contribution < 1.29 is 24.5 Å². The number of nitrogens with one attached hydrogen (secondary N) is 1. The van der Waals surface area contributed by atoms with E-state index in [1.165, 1.54) is 89.9 Å². The minimum absolute atomic E-state index is 0.0587. The summed E-state index contributed by atoms with van der Waals surface area (Å²) in [4.78, 5) is 26.0. The fourth-order valence-corrected chi connectivity index (χ4v) is 7.07. The number of allylic oxidation sites excluding steroid dienone is 8. The van der Waals surface area contributed by atoms with Crippen molar-refractivity contribution >= 4 is 11.9 Å². The second-order valence-corrected chi connectivity index (χ2v) is 16.2. The Balaban J connectivity index is 4.65. The van der Waals surface area contributed by atoms with Crippen molar-refractivity contribution in [1.29, 1.82) is 0 Å². The lowest BCUT2D eigenvalue weighted by Crippen LogP contribution is -2.46. The number of aliphatic hydroxyl groups is 2. The van der Waals surface area contributed by atoms with Crippen LogP contribution in [-0.4, -0.2) is 46.9 Å². The molecule has 0 aromatic heterocycles. The van der Waals surface area contributed by atoms with E-state index in [1.807, 2.05) is 0 Å². The largest absolute Gasteiger partial charge is 0.462 e. The van der Waals surface area contributed by atoms with Crippen LogP contribution in [-0.2, 0) is 14.3 Å². The molecule has 0 radical (unpaired) electrons. The third-order valence-corrected chi connectivity index (χ3v) is 10.7. The molecule has 0 saturated heterocycles. The number of carbonyl (C=O) groups is 2. The number of amides is 1. The highest BCUT2D eigenvalue weighted by molar-refractivity contribution is 5.77. The molecular weight excluding hydrogens is 695 g/mol. The minimum atomic E-state index is -0.793. The summed E-state index contributed by atoms with van der Waals surface area (Å²) in [5.74, 6) is -0.512. The molecule has 0 spiro atoms. The predicted molar refractivity (Wildman–Crippen MR) is 241 cm³/mol. The number of carbonyl (C=O) groups excluding carboxylic acids is 2. The van der Waals surface area contributed by atoms with E-state index >= 15 is 0 Å². The summed E-state index contributed by atoms with van der Waals surface area (Å²) < 4.78 is 5.90. The van der Waals surface area contributed by atoms with Gasteiger partial charge < -0.3 is 20.3 Å². The van der Waals surface area contributed by atoms with Crippen LogP contribution in [0.2, 0.25) is 0 Å². The molecule has 0 aromatic rings. The summed E-state index contributed by atoms with van der Waals surface area (Å²) >= 11 is 0. The van der Waals surface area contributed by atoms with Gasteiger partial charge >= 0.3 is 5.97 Å². The van der Waals surface area contributed by atoms with Gasteiger partial charge in [-0.15, -0.1) is 0 Å². The maximum Gasteiger partial charge on any atom is 0.306 e. The van der Waals surface area contributed by atoms with Crippen LogP contribution in [0.1, 0.15) is 233 Å². The van der Waals surface area contributed by atoms with Crippen molar-refractivity contribution in [3.63, 3.8) is 0 Å². The first-order valence-electron chi connectivity index (χ1n) is 23.9. The van der Waals surface area contributed by atoms with E-state index in [2.05, 4.69) is 74.7 Å². The van der Waals surface area contributed by atoms with Crippen LogP contribution in [0.5, 0.6) is 0 Å². The SMILES string of the molecule is CC/C=C/C=C/C=C\CCCCCCCC(=O)OC(CCCCC/C=C/CCCCCCCCC)CC(=O)NC(CO)C(O)CCCCCCCCCCCC. The van der Waals surface area contributed by atoms with Crippen molar-refractivity contribution in [1.82, 2.24) is 5.32 Å². The van der Waals surface area contributed by atoms with E-state index in [0.717, 1.165) is 96.3 Å². The zero-order valence-corrected chi connectivity index (χ0v) is 37.0. The van der Waals surface area contributed by atoms with Crippen molar-refractivity contribution in [3.05, 3.63) is 48.6 Å². The molecule has 6 nitrogen and oxygen atoms in total. The van der Waals surface area contributed by atoms with E-state index in [0.29, 0.717) is 19.3 Å². The average Bonchev–Trinajstić information content (AvgIpc) is 3.19. The van der Waals surface area contributed by atoms with Gasteiger partial charge in [-0.05, 0) is 70.6 Å². The van der Waals surface area contributed by atoms with Crippen molar-refractivity contribution in [2.24, 2.45) is 0 Å². The Hall–Kier alpha value is -2.18. The number of aliphatic hydroxyl groups excluding tert-OH is 2. The van der Waals surface area contributed by atoms with Crippen molar-refractivity contribution in [2.75, 3.05) is 6.61 Å². The summed E-state index contributed by atoms with van der Waals surface area (Å²) in [6.07, 6.45) is 51.7. The molecule has 0 aliphatic heterocycles. The Morgan fingerprint density at radius 1 is 0.536 bits per heavy atom. The second-order valence-electron chi connectivity index (χ2n) is 16.2. The highest BCUT2D eigenvalue weighted by atomic mass is 16.5. The third-order valence-electron chi connectivity index (χ3n) is 10.7. The Bertz CT molecular complexity index is 972. The van der Waals surface area contributed by atoms with Gasteiger partial charge in [-0.1, -0.05) is 198 Å². The number of unbranched alkanes of at least 4 members (excludes halogenated alkanes) is 24. The number of hydrogen-bond donors (Lipinski definition) is 3. The molecule has 1 amide bonds. The molecule has 0 rings (SSSR count). The molecule has 0 aliphatic rings. The molecule has 0 aliphatic carbocycles. The third kappa shape index (κ3) is 38.7. The standard InChI is InChI=1S/C50H91NO5/c1-4-7-10-13-16-19-22-24-26-27-29-32-35-38-41-46(56-50(55)43-40-37-34-31-28-25-23-20-17-14-11-8-5-2)44-49(54)51-47(45-52)48(53)42-39-36-33-30-21-18-15-12-9-6-3/h8,11,14,17,20,23,26-27,46-48,52-53H,4-7,9-10,12-13,15-16,18-19,21-22,24-25,28-45H2,1-3H3,(H,51,54)/b11-8+,17-14+,23-20-,27-26+. The Kier molecular flexibility index (Phi) is 42.2. The molecule has 326 valence electrons. The van der Waals surface area contributed by atoms with Crippen LogP contribution in [0.3, 0.4) is 0 Å². The van der Waals surface area contributed by atoms with Crippen molar-refractivity contribution in [3.8, 4) is 0 Å². The lowest BCUT2D eigenvalue weighted by Gasteiger charge is -2.24. The fourth-order valence-electron chi connectivity index (χ4n) is 7.07. The molecule has 3 atom stereocenters. The fraction of sp³-hybridized carbons (Fsp3) is 0.800. The maximum absolute atomic E-state index is 13.1. The first-order chi connectivity index (χ1) is 27.5. The van der Waals surface area contributed by atoms with Gasteiger partial charge in [0.15, 0.2) is 0 Å². The topological polar surface area (TPSA) is 95.9 Å². The zero-order chi connectivity index (χ0) is 41.0. The van der Waals surface area contributed by atoms with E-state index in [1.54, 1.807) is 0 Å². The van der Waals surface area contributed by atoms with Crippen LogP contribution in [0.4, 0.5) is 0 Å². The van der Waals surface area contributed by atoms with Gasteiger partial charge in [-0.3, -0.25) is 9.59 Å². The van der Waals surface area contributed by atoms with Gasteiger partial charge in [0, 0.05) is 6.42 Å². The van der Waals surface area contributed by atoms with Crippen LogP contribution < -0.4 is 5.32 Å². The summed E-state index contributed by atoms with van der Waals surface area (Å²) in [5.41, 5.74) is 0. The van der Waals surface area contributed by atoms with Crippen LogP contribution in [0.15, 0.2) is 48.6 Å². The molecular formula is C50H91NO5. The molecule has 0 saturated carbocycles. The van der Waals surface area contributed by atoms with Gasteiger partial charge in [0.1, 0.15) is 6.10 Å². The van der Waals surface area contributed by atoms with Crippen LogP contribution in [0.25, 0.3) is 0 Å². The van der Waals surface area contributed by atoms with Gasteiger partial charge in [-0.25, -0.2) is 0 Å². The lowest BCUT2D eigenvalue weighted by molar-refractivity contribution is -0.151. The number of rotatable bonds is 42. The van der Waals surface area contributed by atoms with Gasteiger partial charge in [0.05, 0.1) is 25.2 Å². The Labute approximate surface area is 346 Å². The lowest BCUT2D eigenvalue weighted by atomic mass is 10.0. The highest BCUT2D eigenvalue weighted by Crippen LogP contribution is 2.17. The molecule has 3 unspecified atom stereocenters. The average molecular weight is 786 g/mol. The van der Waals surface area contributed by atoms with Crippen molar-refractivity contribution in [2.45, 2.75) is 251 Å².